The van der Waals surface area contributed by atoms with Gasteiger partial charge in [-0.2, -0.15) is 5.10 Å². The average Bonchev–Trinajstić information content (AvgIpc) is 2.89. The van der Waals surface area contributed by atoms with E-state index in [9.17, 15) is 14.4 Å². The van der Waals surface area contributed by atoms with E-state index >= 15 is 0 Å². The molecule has 0 aliphatic carbocycles. The first-order valence-electron chi connectivity index (χ1n) is 10.7. The van der Waals surface area contributed by atoms with Gasteiger partial charge < -0.3 is 19.5 Å². The molecule has 0 heterocycles. The summed E-state index contributed by atoms with van der Waals surface area (Å²) in [7, 11) is 3.00. The van der Waals surface area contributed by atoms with E-state index in [1.165, 1.54) is 26.5 Å². The summed E-state index contributed by atoms with van der Waals surface area (Å²) < 4.78 is 15.7. The second kappa shape index (κ2) is 12.5. The molecule has 0 aromatic heterocycles. The van der Waals surface area contributed by atoms with Crippen molar-refractivity contribution >= 4 is 24.0 Å². The van der Waals surface area contributed by atoms with Gasteiger partial charge in [-0.05, 0) is 60.2 Å². The van der Waals surface area contributed by atoms with E-state index in [1.807, 2.05) is 6.07 Å². The summed E-state index contributed by atoms with van der Waals surface area (Å²) in [5.41, 5.74) is 3.94. The molecule has 2 N–H and O–H groups in total. The van der Waals surface area contributed by atoms with Crippen molar-refractivity contribution in [1.29, 1.82) is 0 Å². The van der Waals surface area contributed by atoms with Gasteiger partial charge in [-0.3, -0.25) is 9.59 Å². The molecule has 0 saturated heterocycles. The van der Waals surface area contributed by atoms with E-state index in [0.717, 1.165) is 0 Å². The normalized spacial score (nSPS) is 10.5. The van der Waals surface area contributed by atoms with Crippen LogP contribution in [-0.4, -0.2) is 44.8 Å². The summed E-state index contributed by atoms with van der Waals surface area (Å²) in [5, 5.41) is 6.58. The highest BCUT2D eigenvalue weighted by Crippen LogP contribution is 2.28. The molecule has 0 unspecified atom stereocenters. The van der Waals surface area contributed by atoms with Crippen molar-refractivity contribution in [2.75, 3.05) is 20.8 Å². The summed E-state index contributed by atoms with van der Waals surface area (Å²) in [6.07, 6.45) is 1.54. The molecule has 3 rings (SSSR count). The zero-order valence-corrected chi connectivity index (χ0v) is 19.3. The number of amides is 2. The fraction of sp³-hybridized carbons (Fsp3) is 0.154. The molecule has 0 aliphatic heterocycles. The monoisotopic (exact) mass is 475 g/mol. The molecule has 9 heteroatoms. The lowest BCUT2D eigenvalue weighted by Crippen LogP contribution is -2.28. The van der Waals surface area contributed by atoms with Crippen molar-refractivity contribution < 1.29 is 28.6 Å². The predicted octanol–water partition coefficient (Wildman–Crippen LogP) is 3.19. The van der Waals surface area contributed by atoms with Crippen LogP contribution in [-0.2, 0) is 4.79 Å². The second-order valence-electron chi connectivity index (χ2n) is 7.19. The van der Waals surface area contributed by atoms with Gasteiger partial charge in [0.25, 0.3) is 5.91 Å². The fourth-order valence-electron chi connectivity index (χ4n) is 2.97. The number of hydrogen-bond donors (Lipinski definition) is 2. The van der Waals surface area contributed by atoms with Gasteiger partial charge in [-0.1, -0.05) is 18.2 Å². The number of hydrazone groups is 1. The second-order valence-corrected chi connectivity index (χ2v) is 7.19. The molecule has 2 amide bonds. The molecule has 0 saturated carbocycles. The van der Waals surface area contributed by atoms with Crippen molar-refractivity contribution in [2.24, 2.45) is 5.10 Å². The zero-order chi connectivity index (χ0) is 25.0. The zero-order valence-electron chi connectivity index (χ0n) is 19.3. The maximum Gasteiger partial charge on any atom is 0.343 e. The Balaban J connectivity index is 1.44. The number of esters is 1. The fourth-order valence-corrected chi connectivity index (χ4v) is 2.97. The number of carbonyl (C=O) groups is 3. The lowest BCUT2D eigenvalue weighted by Gasteiger charge is -2.09. The molecular weight excluding hydrogens is 450 g/mol. The number of rotatable bonds is 10. The smallest absolute Gasteiger partial charge is 0.343 e. The maximum atomic E-state index is 12.4. The Morgan fingerprint density at radius 3 is 2.26 bits per heavy atom. The van der Waals surface area contributed by atoms with Crippen LogP contribution < -0.4 is 25.0 Å². The number of nitrogens with zero attached hydrogens (tertiary/aromatic N) is 1. The average molecular weight is 476 g/mol. The van der Waals surface area contributed by atoms with Gasteiger partial charge in [-0.15, -0.1) is 0 Å². The first-order valence-corrected chi connectivity index (χ1v) is 10.7. The van der Waals surface area contributed by atoms with Gasteiger partial charge in [0, 0.05) is 18.5 Å². The van der Waals surface area contributed by atoms with Crippen LogP contribution in [0.3, 0.4) is 0 Å². The van der Waals surface area contributed by atoms with Crippen molar-refractivity contribution in [3.05, 3.63) is 89.5 Å². The third-order valence-corrected chi connectivity index (χ3v) is 4.79. The third kappa shape index (κ3) is 7.43. The van der Waals surface area contributed by atoms with Crippen LogP contribution in [0, 0.1) is 0 Å². The van der Waals surface area contributed by atoms with Crippen molar-refractivity contribution in [3.63, 3.8) is 0 Å². The minimum Gasteiger partial charge on any atom is -0.493 e. The van der Waals surface area contributed by atoms with Crippen LogP contribution in [0.2, 0.25) is 0 Å². The quantitative estimate of drug-likeness (QED) is 0.201. The van der Waals surface area contributed by atoms with Crippen molar-refractivity contribution in [3.8, 4) is 17.2 Å². The number of hydrogen-bond acceptors (Lipinski definition) is 7. The van der Waals surface area contributed by atoms with Crippen LogP contribution in [0.4, 0.5) is 0 Å². The molecule has 3 aromatic carbocycles. The Bertz CT molecular complexity index is 1190. The van der Waals surface area contributed by atoms with Crippen molar-refractivity contribution in [2.45, 2.75) is 6.42 Å². The van der Waals surface area contributed by atoms with E-state index < -0.39 is 5.97 Å². The Labute approximate surface area is 202 Å². The Morgan fingerprint density at radius 1 is 0.857 bits per heavy atom. The first kappa shape index (κ1) is 25.0. The number of methoxy groups -OCH3 is 2. The molecule has 0 spiro atoms. The van der Waals surface area contributed by atoms with Crippen molar-refractivity contribution in [1.82, 2.24) is 10.7 Å². The van der Waals surface area contributed by atoms with Gasteiger partial charge in [-0.25, -0.2) is 10.2 Å². The minimum atomic E-state index is -0.543. The summed E-state index contributed by atoms with van der Waals surface area (Å²) in [4.78, 5) is 36.2. The summed E-state index contributed by atoms with van der Waals surface area (Å²) in [6, 6.07) is 20.1. The summed E-state index contributed by atoms with van der Waals surface area (Å²) >= 11 is 0. The molecule has 0 fully saturated rings. The predicted molar refractivity (Wildman–Crippen MR) is 130 cm³/mol. The third-order valence-electron chi connectivity index (χ3n) is 4.79. The van der Waals surface area contributed by atoms with E-state index in [-0.39, 0.29) is 24.8 Å². The van der Waals surface area contributed by atoms with Gasteiger partial charge in [0.1, 0.15) is 5.75 Å². The molecule has 0 atom stereocenters. The lowest BCUT2D eigenvalue weighted by atomic mass is 10.2. The van der Waals surface area contributed by atoms with E-state index in [2.05, 4.69) is 15.8 Å². The van der Waals surface area contributed by atoms with Crippen LogP contribution >= 0.6 is 0 Å². The van der Waals surface area contributed by atoms with E-state index in [0.29, 0.717) is 33.9 Å². The maximum absolute atomic E-state index is 12.4. The summed E-state index contributed by atoms with van der Waals surface area (Å²) in [5.74, 6) is 0.161. The minimum absolute atomic E-state index is 0.0843. The van der Waals surface area contributed by atoms with Gasteiger partial charge in [0.05, 0.1) is 26.0 Å². The van der Waals surface area contributed by atoms with E-state index in [1.54, 1.807) is 60.7 Å². The first-order chi connectivity index (χ1) is 17.0. The largest absolute Gasteiger partial charge is 0.493 e. The van der Waals surface area contributed by atoms with Gasteiger partial charge >= 0.3 is 5.97 Å². The number of ether oxygens (including phenoxy) is 3. The topological polar surface area (TPSA) is 115 Å². The highest BCUT2D eigenvalue weighted by Gasteiger charge is 2.13. The highest BCUT2D eigenvalue weighted by molar-refractivity contribution is 5.94. The number of nitrogens with one attached hydrogen (secondary N) is 2. The molecule has 0 bridgehead atoms. The molecule has 0 radical (unpaired) electrons. The van der Waals surface area contributed by atoms with Crippen LogP contribution in [0.1, 0.15) is 32.7 Å². The van der Waals surface area contributed by atoms with Crippen LogP contribution in [0.5, 0.6) is 17.2 Å². The van der Waals surface area contributed by atoms with Crippen LogP contribution in [0.25, 0.3) is 0 Å². The SMILES string of the molecule is COc1ccc(C(=O)Oc2ccc(C=NNC(=O)CCNC(=O)c3ccccc3)cc2)cc1OC. The molecule has 9 nitrogen and oxygen atoms in total. The number of carbonyl (C=O) groups excluding carboxylic acids is 3. The molecule has 0 aliphatic rings. The lowest BCUT2D eigenvalue weighted by molar-refractivity contribution is -0.120. The number of benzene rings is 3. The standard InChI is InChI=1S/C26H25N3O6/c1-33-22-13-10-20(16-23(22)34-2)26(32)35-21-11-8-18(9-12-21)17-28-29-24(30)14-15-27-25(31)19-6-4-3-5-7-19/h3-13,16-17H,14-15H2,1-2H3,(H,27,31)(H,29,30). The molecule has 3 aromatic rings. The van der Waals surface area contributed by atoms with Gasteiger partial charge in [0.15, 0.2) is 11.5 Å². The Morgan fingerprint density at radius 2 is 1.57 bits per heavy atom. The Kier molecular flexibility index (Phi) is 8.95. The van der Waals surface area contributed by atoms with Gasteiger partial charge in [0.2, 0.25) is 5.91 Å². The highest BCUT2D eigenvalue weighted by atomic mass is 16.5. The van der Waals surface area contributed by atoms with E-state index in [4.69, 9.17) is 14.2 Å². The Hall–Kier alpha value is -4.66. The molecular formula is C26H25N3O6. The summed E-state index contributed by atoms with van der Waals surface area (Å²) in [6.45, 7) is 0.190. The van der Waals surface area contributed by atoms with Crippen LogP contribution in [0.15, 0.2) is 77.9 Å². The molecule has 35 heavy (non-hydrogen) atoms. The molecule has 180 valence electrons.